The summed E-state index contributed by atoms with van der Waals surface area (Å²) in [6, 6.07) is 3.80. The Morgan fingerprint density at radius 2 is 1.85 bits per heavy atom. The van der Waals surface area contributed by atoms with Crippen molar-refractivity contribution in [3.8, 4) is 0 Å². The average Bonchev–Trinajstić information content (AvgIpc) is 2.51. The molecule has 0 saturated carbocycles. The highest BCUT2D eigenvalue weighted by molar-refractivity contribution is 6.31. The molecule has 2 N–H and O–H groups in total. The number of hydrogen-bond donors (Lipinski definition) is 2. The minimum Gasteiger partial charge on any atom is -0.352 e. The Bertz CT molecular complexity index is 637. The van der Waals surface area contributed by atoms with Crippen molar-refractivity contribution in [3.63, 3.8) is 0 Å². The predicted octanol–water partition coefficient (Wildman–Crippen LogP) is 3.26. The zero-order valence-electron chi connectivity index (χ0n) is 16.0. The molecule has 0 aromatic heterocycles. The van der Waals surface area contributed by atoms with Gasteiger partial charge in [-0.05, 0) is 70.8 Å². The van der Waals surface area contributed by atoms with E-state index in [-0.39, 0.29) is 40.3 Å². The summed E-state index contributed by atoms with van der Waals surface area (Å²) in [6.07, 6.45) is 1.82. The highest BCUT2D eigenvalue weighted by Crippen LogP contribution is 2.17. The Morgan fingerprint density at radius 1 is 1.22 bits per heavy atom. The second-order valence-electron chi connectivity index (χ2n) is 7.89. The summed E-state index contributed by atoms with van der Waals surface area (Å²) in [7, 11) is 0. The molecule has 2 rings (SSSR count). The molecule has 0 aliphatic carbocycles. The molecular weight excluding hydrogens is 392 g/mol. The number of likely N-dealkylation sites (tertiary alicyclic amines) is 1. The minimum absolute atomic E-state index is 0. The molecule has 0 radical (unpaired) electrons. The van der Waals surface area contributed by atoms with E-state index in [0.29, 0.717) is 19.0 Å². The molecule has 0 bridgehead atoms. The molecule has 8 heteroatoms. The molecular formula is C19H28Cl2FN3O2. The maximum absolute atomic E-state index is 13.3. The van der Waals surface area contributed by atoms with E-state index < -0.39 is 5.82 Å². The van der Waals surface area contributed by atoms with E-state index in [1.54, 1.807) is 0 Å². The summed E-state index contributed by atoms with van der Waals surface area (Å²) in [6.45, 7) is 8.48. The highest BCUT2D eigenvalue weighted by atomic mass is 35.5. The van der Waals surface area contributed by atoms with Crippen molar-refractivity contribution < 1.29 is 14.0 Å². The van der Waals surface area contributed by atoms with Gasteiger partial charge in [0.25, 0.3) is 5.91 Å². The van der Waals surface area contributed by atoms with Gasteiger partial charge < -0.3 is 10.6 Å². The van der Waals surface area contributed by atoms with Crippen molar-refractivity contribution in [3.05, 3.63) is 34.6 Å². The van der Waals surface area contributed by atoms with Crippen LogP contribution in [0, 0.1) is 11.7 Å². The van der Waals surface area contributed by atoms with E-state index in [1.165, 1.54) is 18.2 Å². The monoisotopic (exact) mass is 419 g/mol. The van der Waals surface area contributed by atoms with E-state index in [2.05, 4.69) is 15.5 Å². The second-order valence-corrected chi connectivity index (χ2v) is 8.32. The van der Waals surface area contributed by atoms with Gasteiger partial charge in [-0.3, -0.25) is 14.5 Å². The third-order valence-electron chi connectivity index (χ3n) is 4.26. The largest absolute Gasteiger partial charge is 0.352 e. The van der Waals surface area contributed by atoms with Crippen LogP contribution in [0.3, 0.4) is 0 Å². The summed E-state index contributed by atoms with van der Waals surface area (Å²) >= 11 is 5.78. The molecule has 5 nitrogen and oxygen atoms in total. The molecule has 1 aliphatic heterocycles. The Kier molecular flexibility index (Phi) is 8.99. The van der Waals surface area contributed by atoms with Crippen LogP contribution in [0.5, 0.6) is 0 Å². The van der Waals surface area contributed by atoms with Crippen molar-refractivity contribution in [2.45, 2.75) is 39.2 Å². The van der Waals surface area contributed by atoms with Gasteiger partial charge in [0.05, 0.1) is 6.54 Å². The SMILES string of the molecule is CC(C)(C)NC(=O)CN1CCC(CNC(=O)c2cc(F)cc(Cl)c2)CC1.Cl. The smallest absolute Gasteiger partial charge is 0.251 e. The van der Waals surface area contributed by atoms with E-state index in [1.807, 2.05) is 20.8 Å². The third kappa shape index (κ3) is 8.45. The molecule has 1 fully saturated rings. The Balaban J connectivity index is 0.00000364. The van der Waals surface area contributed by atoms with Gasteiger partial charge in [0, 0.05) is 22.7 Å². The lowest BCUT2D eigenvalue weighted by atomic mass is 9.96. The molecule has 27 heavy (non-hydrogen) atoms. The van der Waals surface area contributed by atoms with Gasteiger partial charge in [0.15, 0.2) is 0 Å². The number of rotatable bonds is 5. The van der Waals surface area contributed by atoms with Crippen LogP contribution in [-0.4, -0.2) is 48.4 Å². The second kappa shape index (κ2) is 10.2. The van der Waals surface area contributed by atoms with Gasteiger partial charge in [0.1, 0.15) is 5.82 Å². The van der Waals surface area contributed by atoms with Crippen LogP contribution in [0.2, 0.25) is 5.02 Å². The Hall–Kier alpha value is -1.37. The molecule has 1 saturated heterocycles. The fourth-order valence-electron chi connectivity index (χ4n) is 3.03. The number of benzene rings is 1. The van der Waals surface area contributed by atoms with Crippen LogP contribution < -0.4 is 10.6 Å². The summed E-state index contributed by atoms with van der Waals surface area (Å²) in [4.78, 5) is 26.2. The van der Waals surface area contributed by atoms with Crippen molar-refractivity contribution in [2.75, 3.05) is 26.2 Å². The number of nitrogens with zero attached hydrogens (tertiary/aromatic N) is 1. The summed E-state index contributed by atoms with van der Waals surface area (Å²) in [5.41, 5.74) is 0.00532. The molecule has 1 heterocycles. The van der Waals surface area contributed by atoms with E-state index >= 15 is 0 Å². The maximum Gasteiger partial charge on any atom is 0.251 e. The van der Waals surface area contributed by atoms with Crippen molar-refractivity contribution in [1.29, 1.82) is 0 Å². The first kappa shape index (κ1) is 23.7. The lowest BCUT2D eigenvalue weighted by Gasteiger charge is -2.32. The fourth-order valence-corrected chi connectivity index (χ4v) is 3.26. The number of carbonyl (C=O) groups is 2. The Morgan fingerprint density at radius 3 is 2.41 bits per heavy atom. The number of halogens is 3. The lowest BCUT2D eigenvalue weighted by Crippen LogP contribution is -2.48. The first-order valence-corrected chi connectivity index (χ1v) is 9.28. The number of carbonyl (C=O) groups excluding carboxylic acids is 2. The Labute approximate surface area is 171 Å². The molecule has 152 valence electrons. The topological polar surface area (TPSA) is 61.4 Å². The first-order chi connectivity index (χ1) is 12.1. The van der Waals surface area contributed by atoms with E-state index in [9.17, 15) is 14.0 Å². The number of amides is 2. The van der Waals surface area contributed by atoms with Crippen molar-refractivity contribution in [2.24, 2.45) is 5.92 Å². The van der Waals surface area contributed by atoms with Gasteiger partial charge in [-0.25, -0.2) is 4.39 Å². The summed E-state index contributed by atoms with van der Waals surface area (Å²) in [5, 5.41) is 6.02. The van der Waals surface area contributed by atoms with Crippen LogP contribution in [0.1, 0.15) is 44.0 Å². The first-order valence-electron chi connectivity index (χ1n) is 8.90. The number of hydrogen-bond acceptors (Lipinski definition) is 3. The van der Waals surface area contributed by atoms with Crippen molar-refractivity contribution >= 4 is 35.8 Å². The van der Waals surface area contributed by atoms with Gasteiger partial charge in [0.2, 0.25) is 5.91 Å². The maximum atomic E-state index is 13.3. The third-order valence-corrected chi connectivity index (χ3v) is 4.48. The van der Waals surface area contributed by atoms with Gasteiger partial charge in [-0.1, -0.05) is 11.6 Å². The predicted molar refractivity (Wildman–Crippen MR) is 108 cm³/mol. The zero-order valence-corrected chi connectivity index (χ0v) is 17.6. The fraction of sp³-hybridized carbons (Fsp3) is 0.579. The zero-order chi connectivity index (χ0) is 19.3. The summed E-state index contributed by atoms with van der Waals surface area (Å²) < 4.78 is 13.3. The van der Waals surface area contributed by atoms with Crippen LogP contribution in [0.4, 0.5) is 4.39 Å². The minimum atomic E-state index is -0.524. The van der Waals surface area contributed by atoms with Crippen molar-refractivity contribution in [1.82, 2.24) is 15.5 Å². The van der Waals surface area contributed by atoms with Crippen LogP contribution >= 0.6 is 24.0 Å². The van der Waals surface area contributed by atoms with Gasteiger partial charge in [-0.15, -0.1) is 12.4 Å². The number of piperidine rings is 1. The van der Waals surface area contributed by atoms with Gasteiger partial charge in [-0.2, -0.15) is 0 Å². The molecule has 2 amide bonds. The average molecular weight is 420 g/mol. The van der Waals surface area contributed by atoms with Crippen LogP contribution in [-0.2, 0) is 4.79 Å². The summed E-state index contributed by atoms with van der Waals surface area (Å²) in [5.74, 6) is -0.458. The molecule has 1 aromatic rings. The van der Waals surface area contributed by atoms with Crippen LogP contribution in [0.25, 0.3) is 0 Å². The molecule has 1 aromatic carbocycles. The molecule has 0 unspecified atom stereocenters. The van der Waals surface area contributed by atoms with Crippen LogP contribution in [0.15, 0.2) is 18.2 Å². The van der Waals surface area contributed by atoms with E-state index in [0.717, 1.165) is 25.9 Å². The quantitative estimate of drug-likeness (QED) is 0.769. The highest BCUT2D eigenvalue weighted by Gasteiger charge is 2.23. The normalized spacial score (nSPS) is 15.7. The molecule has 0 spiro atoms. The number of nitrogens with one attached hydrogen (secondary N) is 2. The van der Waals surface area contributed by atoms with Gasteiger partial charge >= 0.3 is 0 Å². The molecule has 0 atom stereocenters. The standard InChI is InChI=1S/C19H27ClFN3O2.ClH/c1-19(2,3)23-17(25)12-24-6-4-13(5-7-24)11-22-18(26)14-8-15(20)10-16(21)9-14;/h8-10,13H,4-7,11-12H2,1-3H3,(H,22,26)(H,23,25);1H. The molecule has 1 aliphatic rings. The lowest BCUT2D eigenvalue weighted by molar-refractivity contribution is -0.124. The van der Waals surface area contributed by atoms with E-state index in [4.69, 9.17) is 11.6 Å².